The van der Waals surface area contributed by atoms with Crippen LogP contribution in [0.5, 0.6) is 23.0 Å². The summed E-state index contributed by atoms with van der Waals surface area (Å²) in [7, 11) is 0. The molecule has 4 bridgehead atoms. The number of carbonyl (C=O) groups is 1. The first-order chi connectivity index (χ1) is 26.0. The average molecular weight is 736 g/mol. The van der Waals surface area contributed by atoms with E-state index in [9.17, 15) is 25.2 Å². The first kappa shape index (κ1) is 31.7. The number of hydrogen-bond donors (Lipinski definition) is 6. The number of nitrogens with one attached hydrogen (secondary N) is 1. The second-order valence-corrected chi connectivity index (χ2v) is 19.4. The van der Waals surface area contributed by atoms with Crippen LogP contribution in [0.3, 0.4) is 0 Å². The summed E-state index contributed by atoms with van der Waals surface area (Å²) in [6.45, 7) is 3.50. The Morgan fingerprint density at radius 1 is 0.741 bits per heavy atom. The Hall–Kier alpha value is -3.42. The van der Waals surface area contributed by atoms with E-state index in [-0.39, 0.29) is 35.9 Å². The van der Waals surface area contributed by atoms with Crippen LogP contribution in [0.4, 0.5) is 0 Å². The smallest absolute Gasteiger partial charge is 0.257 e. The van der Waals surface area contributed by atoms with Crippen LogP contribution >= 0.6 is 0 Å². The lowest BCUT2D eigenvalue weighted by Crippen LogP contribution is -2.82. The van der Waals surface area contributed by atoms with Crippen molar-refractivity contribution < 1.29 is 34.7 Å². The van der Waals surface area contributed by atoms with E-state index in [1.807, 2.05) is 12.1 Å². The first-order valence-electron chi connectivity index (χ1n) is 20.6. The summed E-state index contributed by atoms with van der Waals surface area (Å²) in [5.41, 5.74) is 4.69. The van der Waals surface area contributed by atoms with Gasteiger partial charge in [-0.2, -0.15) is 0 Å². The van der Waals surface area contributed by atoms with E-state index in [4.69, 9.17) is 20.2 Å². The molecule has 7 N–H and O–H groups in total. The molecule has 0 aromatic heterocycles. The molecule has 6 aliphatic carbocycles. The molecule has 2 aromatic carbocycles. The number of ether oxygens (including phenoxy) is 2. The molecule has 284 valence electrons. The third-order valence-corrected chi connectivity index (χ3v) is 17.1. The lowest BCUT2D eigenvalue weighted by atomic mass is 9.46. The molecule has 2 saturated heterocycles. The number of amidine groups is 1. The zero-order chi connectivity index (χ0) is 36.4. The van der Waals surface area contributed by atoms with Gasteiger partial charge in [-0.15, -0.1) is 0 Å². The zero-order valence-corrected chi connectivity index (χ0v) is 30.5. The highest BCUT2D eigenvalue weighted by Gasteiger charge is 2.80. The molecule has 12 heteroatoms. The van der Waals surface area contributed by atoms with Crippen LogP contribution < -0.4 is 20.5 Å². The number of amides is 1. The van der Waals surface area contributed by atoms with Crippen molar-refractivity contribution in [2.24, 2.45) is 22.6 Å². The number of rotatable bonds is 5. The summed E-state index contributed by atoms with van der Waals surface area (Å²) in [5, 5.41) is 52.0. The van der Waals surface area contributed by atoms with Crippen molar-refractivity contribution in [1.29, 1.82) is 0 Å². The zero-order valence-electron chi connectivity index (χ0n) is 30.5. The molecule has 11 aliphatic rings. The van der Waals surface area contributed by atoms with Crippen molar-refractivity contribution in [3.05, 3.63) is 46.5 Å². The van der Waals surface area contributed by atoms with Gasteiger partial charge in [0.2, 0.25) is 0 Å². The monoisotopic (exact) mass is 735 g/mol. The largest absolute Gasteiger partial charge is 0.504 e. The molecular weight excluding hydrogens is 686 g/mol. The number of piperidine rings is 2. The third kappa shape index (κ3) is 3.34. The van der Waals surface area contributed by atoms with E-state index in [1.54, 1.807) is 12.1 Å². The van der Waals surface area contributed by atoms with Gasteiger partial charge < -0.3 is 41.0 Å². The molecular formula is C42H49N5O7. The molecule has 54 heavy (non-hydrogen) atoms. The highest BCUT2D eigenvalue weighted by atomic mass is 16.5. The van der Waals surface area contributed by atoms with Crippen LogP contribution in [0.25, 0.3) is 0 Å². The number of likely N-dealkylation sites (tertiary alicyclic amines) is 2. The van der Waals surface area contributed by atoms with Crippen molar-refractivity contribution in [2.45, 2.75) is 134 Å². The fraction of sp³-hybridized carbons (Fsp3) is 0.667. The predicted molar refractivity (Wildman–Crippen MR) is 195 cm³/mol. The normalized spacial score (nSPS) is 46.1. The minimum absolute atomic E-state index is 0.0186. The van der Waals surface area contributed by atoms with Gasteiger partial charge in [0.1, 0.15) is 23.6 Å². The van der Waals surface area contributed by atoms with E-state index in [0.29, 0.717) is 74.1 Å². The van der Waals surface area contributed by atoms with Crippen LogP contribution in [0.15, 0.2) is 29.3 Å². The van der Waals surface area contributed by atoms with Crippen LogP contribution in [0.2, 0.25) is 0 Å². The summed E-state index contributed by atoms with van der Waals surface area (Å²) in [6, 6.07) is 7.12. The molecule has 5 heterocycles. The van der Waals surface area contributed by atoms with Gasteiger partial charge in [-0.25, -0.2) is 4.99 Å². The first-order valence-corrected chi connectivity index (χ1v) is 20.6. The summed E-state index contributed by atoms with van der Waals surface area (Å²) in [6.07, 6.45) is 7.19. The fourth-order valence-corrected chi connectivity index (χ4v) is 14.4. The molecule has 10 atom stereocenters. The van der Waals surface area contributed by atoms with Crippen molar-refractivity contribution in [3.63, 3.8) is 0 Å². The van der Waals surface area contributed by atoms with Crippen molar-refractivity contribution >= 4 is 11.7 Å². The van der Waals surface area contributed by atoms with Gasteiger partial charge in [-0.05, 0) is 125 Å². The van der Waals surface area contributed by atoms with Crippen LogP contribution in [-0.2, 0) is 28.5 Å². The molecule has 6 fully saturated rings. The maximum Gasteiger partial charge on any atom is 0.257 e. The molecule has 12 nitrogen and oxygen atoms in total. The predicted octanol–water partition coefficient (Wildman–Crippen LogP) is 1.89. The molecule has 4 saturated carbocycles. The van der Waals surface area contributed by atoms with E-state index >= 15 is 0 Å². The lowest BCUT2D eigenvalue weighted by Gasteiger charge is -2.65. The van der Waals surface area contributed by atoms with Gasteiger partial charge in [0.05, 0.1) is 22.0 Å². The molecule has 0 radical (unpaired) electrons. The number of nitrogens with two attached hydrogens (primary N) is 1. The van der Waals surface area contributed by atoms with Gasteiger partial charge in [-0.3, -0.25) is 14.6 Å². The SMILES string of the molecule is N[C@@]1(C2=N[C@]3(CC[C@@]4(O)[C@H]5Cc6ccc(O)c7c6C4(CCN5CC4CC4)[C@H]3O7)C(=O)N2)CC[C@@]2(O)[C@H]3Cc4ccc(O)c5c4C2(CCN3CC2CC2)[C@H]1O5. The van der Waals surface area contributed by atoms with Gasteiger partial charge in [0.15, 0.2) is 28.5 Å². The molecule has 2 aromatic rings. The number of fused-ring (bicyclic) bond motifs is 1. The van der Waals surface area contributed by atoms with Crippen LogP contribution in [-0.4, -0.2) is 115 Å². The number of nitrogens with zero attached hydrogens (tertiary/aromatic N) is 3. The fourth-order valence-electron chi connectivity index (χ4n) is 14.4. The minimum Gasteiger partial charge on any atom is -0.504 e. The Kier molecular flexibility index (Phi) is 5.63. The lowest BCUT2D eigenvalue weighted by molar-refractivity contribution is -0.201. The minimum atomic E-state index is -1.40. The Bertz CT molecular complexity index is 2140. The van der Waals surface area contributed by atoms with Gasteiger partial charge >= 0.3 is 0 Å². The number of phenolic OH excluding ortho intramolecular Hbond substituents is 2. The van der Waals surface area contributed by atoms with Crippen molar-refractivity contribution in [1.82, 2.24) is 15.1 Å². The number of aliphatic hydroxyl groups is 2. The Labute approximate surface area is 313 Å². The summed E-state index contributed by atoms with van der Waals surface area (Å²) >= 11 is 0. The number of aromatic hydroxyl groups is 2. The van der Waals surface area contributed by atoms with Crippen LogP contribution in [0.1, 0.15) is 86.5 Å². The number of carbonyl (C=O) groups excluding carboxylic acids is 1. The topological polar surface area (TPSA) is 173 Å². The van der Waals surface area contributed by atoms with Gasteiger partial charge in [0, 0.05) is 36.3 Å². The maximum absolute atomic E-state index is 14.9. The maximum atomic E-state index is 14.9. The second-order valence-electron chi connectivity index (χ2n) is 19.4. The van der Waals surface area contributed by atoms with E-state index in [0.717, 1.165) is 48.4 Å². The quantitative estimate of drug-likeness (QED) is 0.266. The highest BCUT2D eigenvalue weighted by molar-refractivity contribution is 6.13. The third-order valence-electron chi connectivity index (χ3n) is 17.1. The summed E-state index contributed by atoms with van der Waals surface area (Å²) < 4.78 is 13.7. The Morgan fingerprint density at radius 3 is 1.81 bits per heavy atom. The van der Waals surface area contributed by atoms with E-state index < -0.39 is 45.3 Å². The average Bonchev–Trinajstić information content (AvgIpc) is 4.05. The van der Waals surface area contributed by atoms with Crippen LogP contribution in [0, 0.1) is 11.8 Å². The Balaban J connectivity index is 0.940. The number of hydrogen-bond acceptors (Lipinski definition) is 11. The second kappa shape index (κ2) is 9.57. The number of phenols is 2. The molecule has 5 aliphatic heterocycles. The van der Waals surface area contributed by atoms with Crippen molar-refractivity contribution in [2.75, 3.05) is 26.2 Å². The molecule has 1 amide bonds. The standard InChI is InChI=1S/C42H49N5O7/c43-39(9-11-41(51)27-17-23-5-7-25(48)31-29(23)37(41,33(39)53-31)13-15-46(27)19-21-1-2-21)35-44-36(50)40(45-35)10-12-42(52)28-18-24-6-8-26(49)32-30(24)38(42,34(40)54-32)14-16-47(28)20-22-3-4-22/h5-8,21-22,27-28,33-34,48-49,51-52H,1-4,9-20,43H2,(H,44,45,50)/t27-,28-,33-,34-,37?,38?,39+,40+,41-,42-/m1/s1. The van der Waals surface area contributed by atoms with Gasteiger partial charge in [-0.1, -0.05) is 12.1 Å². The molecule has 3 spiro atoms. The van der Waals surface area contributed by atoms with E-state index in [2.05, 4.69) is 15.1 Å². The number of benzene rings is 2. The number of aliphatic imine (C=N–C) groups is 1. The summed E-state index contributed by atoms with van der Waals surface area (Å²) in [4.78, 5) is 25.3. The summed E-state index contributed by atoms with van der Waals surface area (Å²) in [5.74, 6) is 2.18. The van der Waals surface area contributed by atoms with Gasteiger partial charge in [0.25, 0.3) is 5.91 Å². The Morgan fingerprint density at radius 2 is 1.26 bits per heavy atom. The highest BCUT2D eigenvalue weighted by Crippen LogP contribution is 2.70. The molecule has 13 rings (SSSR count). The van der Waals surface area contributed by atoms with E-state index in [1.165, 1.54) is 25.7 Å². The van der Waals surface area contributed by atoms with Crippen molar-refractivity contribution in [3.8, 4) is 23.0 Å². The molecule has 2 unspecified atom stereocenters.